The lowest BCUT2D eigenvalue weighted by Crippen LogP contribution is -2.70. The summed E-state index contributed by atoms with van der Waals surface area (Å²) in [5.41, 5.74) is -9.70. The average molecular weight is 1650 g/mol. The summed E-state index contributed by atoms with van der Waals surface area (Å²) in [6.45, 7) is 6.96. The second kappa shape index (κ2) is 33.1. The van der Waals surface area contributed by atoms with E-state index in [9.17, 15) is 122 Å². The summed E-state index contributed by atoms with van der Waals surface area (Å²) in [6.07, 6.45) is -58.3. The Kier molecular flexibility index (Phi) is 25.8. The van der Waals surface area contributed by atoms with Crippen molar-refractivity contribution in [3.63, 3.8) is 0 Å². The van der Waals surface area contributed by atoms with Gasteiger partial charge in [-0.3, -0.25) is 4.79 Å². The van der Waals surface area contributed by atoms with E-state index in [0.29, 0.717) is 32.1 Å². The first kappa shape index (κ1) is 89.0. The molecule has 41 nitrogen and oxygen atoms in total. The van der Waals surface area contributed by atoms with Crippen LogP contribution in [-0.2, 0) is 85.4 Å². The number of aliphatic hydroxyl groups is 22. The first-order valence-corrected chi connectivity index (χ1v) is 39.0. The van der Waals surface area contributed by atoms with Gasteiger partial charge in [-0.2, -0.15) is 0 Å². The predicted octanol–water partition coefficient (Wildman–Crippen LogP) is -9.51. The largest absolute Gasteiger partial charge is 0.479 e. The Bertz CT molecular complexity index is 3370. The summed E-state index contributed by atoms with van der Waals surface area (Å²) in [5, 5.41) is 256. The molecule has 8 aliphatic heterocycles. The van der Waals surface area contributed by atoms with Gasteiger partial charge in [0.15, 0.2) is 56.2 Å². The number of allylic oxidation sites excluding steroid dienone is 2. The number of hydrogen-bond donors (Lipinski definition) is 23. The molecule has 0 bridgehead atoms. The minimum Gasteiger partial charge on any atom is -0.479 e. The summed E-state index contributed by atoms with van der Waals surface area (Å²) in [4.78, 5) is 28.5. The van der Waals surface area contributed by atoms with Gasteiger partial charge in [-0.25, -0.2) is 4.79 Å². The number of fused-ring (bicyclic) bond motifs is 7. The van der Waals surface area contributed by atoms with E-state index in [-0.39, 0.29) is 25.2 Å². The standard InChI is InChI=1S/C73H116O41/c1-26-47(107-59-45(90)48(31(80)19-100-59)108-63-53(92)71(97,22-76)24-102-63)49(109-64-54(93)72(98,23-77)25-103-64)46(91)60(104-26)106-33-20-101-58(44(89)39(33)84)113-55-29(78)15-67(4)34(68(55,5)21-75)10-11-69(6)35(67)9-8-27-28-14-66(2,3)12-13-73(28,36(81)16-70(27,69)7)65(96)114-62-52(42(87)41(86)50(110-62)56(94)95)112-61-51(40(85)38(83)32(17-74)105-61)111-57-43(88)37(82)30(79)18-99-57/h8,26,28-55,57-64,74-93,97-98H,9-25H2,1-7H3,(H,94,95)/t26-,28-,29-,30-,31+,32+,33-,34+,35+,36+,37-,38-,39-,40-,41-,42-,43+,44+,45+,46+,47-,48-,49-,50-,51+,52+,53-,54-,55-,57-,58-,59-,60-,61-,62-,63-,64-,67-,68-,69+,70+,71-,72-,73+/m0/s1. The Morgan fingerprint density at radius 3 is 1.65 bits per heavy atom. The lowest BCUT2D eigenvalue weighted by atomic mass is 9.33. The van der Waals surface area contributed by atoms with Gasteiger partial charge in [0.25, 0.3) is 0 Å². The number of hydrogen-bond acceptors (Lipinski definition) is 40. The topological polar surface area (TPSA) is 647 Å². The zero-order valence-electron chi connectivity index (χ0n) is 64.1. The minimum atomic E-state index is -2.32. The molecule has 4 saturated carbocycles. The van der Waals surface area contributed by atoms with Gasteiger partial charge in [-0.15, -0.1) is 0 Å². The SMILES string of the molecule is C[C@@H]1O[C@@H](O[C@H]2CO[C@@H](O[C@H]3[C@@H](O)C[C@@]4(C)[C@@H](CC[C@]5(C)[C@@H]4CC=C4[C@@H]6CC(C)(C)CC[C@]6(C(=O)O[C@@H]6O[C@H](C(=O)O)[C@@H](O)[C@H](O)[C@H]6O[C@@H]6O[C@H](CO)[C@H](O)[C@H](O)[C@H]6O[C@@H]6OC[C@H](O)[C@H](O)[C@H]6O)[C@H](O)C[C@]45C)[C@]3(C)CO)[C@H](O)[C@H]2O)[C@H](O)[C@H](O[C@@H]2OC[C@@](O)(CO)[C@H]2O)[C@H]1O[C@@H]1OC[C@@H](O)[C@H](O[C@@H]2OC[C@@](O)(CO)[C@H]2O)[C@H]1O. The van der Waals surface area contributed by atoms with Crippen molar-refractivity contribution in [1.29, 1.82) is 0 Å². The summed E-state index contributed by atoms with van der Waals surface area (Å²) < 4.78 is 94.5. The summed E-state index contributed by atoms with van der Waals surface area (Å²) in [6, 6.07) is 0. The molecule has 5 aliphatic carbocycles. The van der Waals surface area contributed by atoms with E-state index in [1.807, 2.05) is 27.7 Å². The van der Waals surface area contributed by atoms with Crippen LogP contribution in [0.4, 0.5) is 0 Å². The normalized spacial score (nSPS) is 54.9. The fourth-order valence-electron chi connectivity index (χ4n) is 21.2. The van der Waals surface area contributed by atoms with Crippen LogP contribution in [0.2, 0.25) is 0 Å². The Balaban J connectivity index is 0.705. The van der Waals surface area contributed by atoms with E-state index in [2.05, 4.69) is 13.0 Å². The Hall–Kier alpha value is -2.80. The molecular formula is C73H116O41. The van der Waals surface area contributed by atoms with Gasteiger partial charge in [0, 0.05) is 5.41 Å². The van der Waals surface area contributed by atoms with Gasteiger partial charge in [0.1, 0.15) is 139 Å². The van der Waals surface area contributed by atoms with Gasteiger partial charge in [-0.1, -0.05) is 53.2 Å². The highest BCUT2D eigenvalue weighted by atomic mass is 16.8. The number of carboxylic acid groups (broad SMARTS) is 1. The molecule has 0 spiro atoms. The van der Waals surface area contributed by atoms with E-state index < -0.39 is 336 Å². The molecule has 13 aliphatic rings. The maximum absolute atomic E-state index is 15.8. The molecule has 8 saturated heterocycles. The van der Waals surface area contributed by atoms with Crippen molar-refractivity contribution >= 4 is 11.9 Å². The molecule has 13 rings (SSSR count). The zero-order valence-corrected chi connectivity index (χ0v) is 64.1. The number of esters is 1. The highest BCUT2D eigenvalue weighted by molar-refractivity contribution is 5.80. The molecule has 23 N–H and O–H groups in total. The molecule has 0 amide bonds. The van der Waals surface area contributed by atoms with Crippen molar-refractivity contribution in [2.75, 3.05) is 59.5 Å². The lowest BCUT2D eigenvalue weighted by molar-refractivity contribution is -0.385. The molecule has 654 valence electrons. The van der Waals surface area contributed by atoms with Crippen LogP contribution in [0.15, 0.2) is 11.6 Å². The van der Waals surface area contributed by atoms with E-state index >= 15 is 4.79 Å². The predicted molar refractivity (Wildman–Crippen MR) is 367 cm³/mol. The second-order valence-electron chi connectivity index (χ2n) is 35.7. The van der Waals surface area contributed by atoms with Crippen molar-refractivity contribution in [1.82, 2.24) is 0 Å². The number of rotatable bonds is 21. The summed E-state index contributed by atoms with van der Waals surface area (Å²) >= 11 is 0. The third-order valence-electron chi connectivity index (χ3n) is 28.2. The van der Waals surface area contributed by atoms with E-state index in [4.69, 9.17) is 75.8 Å². The van der Waals surface area contributed by atoms with Crippen molar-refractivity contribution in [2.45, 2.75) is 320 Å². The van der Waals surface area contributed by atoms with E-state index in [1.165, 1.54) is 6.92 Å². The Labute approximate surface area is 654 Å². The number of carboxylic acids is 1. The number of aliphatic carboxylic acids is 1. The molecular weight excluding hydrogens is 1530 g/mol. The first-order chi connectivity index (χ1) is 53.5. The molecule has 41 heteroatoms. The number of aliphatic hydroxyl groups excluding tert-OH is 20. The molecule has 0 unspecified atom stereocenters. The van der Waals surface area contributed by atoms with Crippen LogP contribution in [0.5, 0.6) is 0 Å². The first-order valence-electron chi connectivity index (χ1n) is 39.0. The molecule has 44 atom stereocenters. The third-order valence-corrected chi connectivity index (χ3v) is 28.2. The molecule has 0 radical (unpaired) electrons. The Morgan fingerprint density at radius 1 is 0.482 bits per heavy atom. The summed E-state index contributed by atoms with van der Waals surface area (Å²) in [7, 11) is 0. The molecule has 0 aromatic carbocycles. The van der Waals surface area contributed by atoms with Crippen molar-refractivity contribution in [3.8, 4) is 0 Å². The monoisotopic (exact) mass is 1650 g/mol. The van der Waals surface area contributed by atoms with Crippen LogP contribution in [0.25, 0.3) is 0 Å². The van der Waals surface area contributed by atoms with Crippen molar-refractivity contribution in [3.05, 3.63) is 11.6 Å². The highest BCUT2D eigenvalue weighted by Crippen LogP contribution is 2.76. The molecule has 8 heterocycles. The quantitative estimate of drug-likeness (QED) is 0.0288. The number of ether oxygens (including phenoxy) is 16. The van der Waals surface area contributed by atoms with Crippen LogP contribution in [0.1, 0.15) is 99.8 Å². The molecule has 0 aromatic rings. The minimum absolute atomic E-state index is 0.00353. The second-order valence-corrected chi connectivity index (χ2v) is 35.7. The smallest absolute Gasteiger partial charge is 0.335 e. The lowest BCUT2D eigenvalue weighted by Gasteiger charge is -2.72. The Morgan fingerprint density at radius 2 is 1.04 bits per heavy atom. The van der Waals surface area contributed by atoms with Gasteiger partial charge in [-0.05, 0) is 97.7 Å². The van der Waals surface area contributed by atoms with Crippen molar-refractivity contribution in [2.24, 2.45) is 50.2 Å². The van der Waals surface area contributed by atoms with Crippen LogP contribution >= 0.6 is 0 Å². The maximum Gasteiger partial charge on any atom is 0.335 e. The van der Waals surface area contributed by atoms with Crippen LogP contribution in [0, 0.1) is 50.2 Å². The zero-order chi connectivity index (χ0) is 83.1. The van der Waals surface area contributed by atoms with Crippen LogP contribution in [0.3, 0.4) is 0 Å². The van der Waals surface area contributed by atoms with E-state index in [1.54, 1.807) is 6.92 Å². The third kappa shape index (κ3) is 15.1. The summed E-state index contributed by atoms with van der Waals surface area (Å²) in [5.74, 6) is -4.47. The molecule has 114 heavy (non-hydrogen) atoms. The van der Waals surface area contributed by atoms with Gasteiger partial charge in [0.05, 0.1) is 83.9 Å². The van der Waals surface area contributed by atoms with Gasteiger partial charge >= 0.3 is 11.9 Å². The fourth-order valence-corrected chi connectivity index (χ4v) is 21.2. The van der Waals surface area contributed by atoms with Crippen LogP contribution < -0.4 is 0 Å². The average Bonchev–Trinajstić information content (AvgIpc) is 1.03. The number of carbonyl (C=O) groups excluding carboxylic acids is 1. The van der Waals surface area contributed by atoms with Crippen molar-refractivity contribution < 1.29 is 203 Å². The fraction of sp³-hybridized carbons (Fsp3) is 0.945. The van der Waals surface area contributed by atoms with Crippen LogP contribution in [-0.4, -0.2) is 409 Å². The van der Waals surface area contributed by atoms with E-state index in [0.717, 1.165) is 5.57 Å². The van der Waals surface area contributed by atoms with Gasteiger partial charge in [0.2, 0.25) is 6.29 Å². The maximum atomic E-state index is 15.8. The van der Waals surface area contributed by atoms with Gasteiger partial charge < -0.3 is 193 Å². The number of carbonyl (C=O) groups is 2. The molecule has 12 fully saturated rings. The highest BCUT2D eigenvalue weighted by Gasteiger charge is 2.74. The molecule has 0 aromatic heterocycles.